The summed E-state index contributed by atoms with van der Waals surface area (Å²) >= 11 is 0. The maximum absolute atomic E-state index is 11.8. The van der Waals surface area contributed by atoms with Gasteiger partial charge in [0.15, 0.2) is 0 Å². The number of hydrogen-bond donors (Lipinski definition) is 0. The topological polar surface area (TPSA) is 143 Å². The number of benzene rings is 1. The lowest BCUT2D eigenvalue weighted by molar-refractivity contribution is -0.640. The summed E-state index contributed by atoms with van der Waals surface area (Å²) < 4.78 is 1.09. The van der Waals surface area contributed by atoms with Crippen LogP contribution in [0.15, 0.2) is 24.4 Å². The van der Waals surface area contributed by atoms with Crippen molar-refractivity contribution in [3.63, 3.8) is 0 Å². The van der Waals surface area contributed by atoms with Gasteiger partial charge in [-0.15, -0.1) is 0 Å². The van der Waals surface area contributed by atoms with E-state index in [0.29, 0.717) is 0 Å². The van der Waals surface area contributed by atoms with Crippen molar-refractivity contribution < 1.29 is 14.7 Å². The monoisotopic (exact) mass is 276 g/mol. The van der Waals surface area contributed by atoms with Gasteiger partial charge in [0.1, 0.15) is 11.7 Å². The molecule has 0 N–H and O–H groups in total. The molecule has 0 fully saturated rings. The number of nitrogens with zero attached hydrogens (tertiary/aromatic N) is 6. The molecule has 20 heavy (non-hydrogen) atoms. The molecule has 0 aliphatic heterocycles. The van der Waals surface area contributed by atoms with Crippen LogP contribution in [0.5, 0.6) is 0 Å². The first kappa shape index (κ1) is 11.7. The Bertz CT molecular complexity index is 887. The van der Waals surface area contributed by atoms with Gasteiger partial charge in [0.25, 0.3) is 11.2 Å². The standard InChI is InChI=1S/C9H4N6O5/c16-13-7-3-5(14(17)18)1-2-6(7)12-9(11-13)8(4-10-12)15(19)20/h1-4H. The second kappa shape index (κ2) is 3.81. The quantitative estimate of drug-likeness (QED) is 0.284. The lowest BCUT2D eigenvalue weighted by Crippen LogP contribution is -2.33. The van der Waals surface area contributed by atoms with Crippen molar-refractivity contribution >= 4 is 28.1 Å². The van der Waals surface area contributed by atoms with Gasteiger partial charge >= 0.3 is 11.3 Å². The average Bonchev–Trinajstić information content (AvgIpc) is 2.82. The van der Waals surface area contributed by atoms with E-state index in [1.165, 1.54) is 12.1 Å². The third-order valence-corrected chi connectivity index (χ3v) is 2.71. The Hall–Kier alpha value is -3.37. The first-order chi connectivity index (χ1) is 9.49. The molecule has 11 heteroatoms. The van der Waals surface area contributed by atoms with Crippen LogP contribution in [0.1, 0.15) is 0 Å². The van der Waals surface area contributed by atoms with Gasteiger partial charge in [0, 0.05) is 11.2 Å². The van der Waals surface area contributed by atoms with Crippen LogP contribution in [0.25, 0.3) is 16.7 Å². The highest BCUT2D eigenvalue weighted by Crippen LogP contribution is 2.22. The number of rotatable bonds is 2. The molecule has 0 saturated heterocycles. The number of aromatic nitrogens is 4. The molecule has 3 rings (SSSR count). The minimum absolute atomic E-state index is 0.104. The molecule has 0 bridgehead atoms. The van der Waals surface area contributed by atoms with Crippen LogP contribution in [0.3, 0.4) is 0 Å². The van der Waals surface area contributed by atoms with E-state index in [0.717, 1.165) is 16.8 Å². The van der Waals surface area contributed by atoms with E-state index in [1.54, 1.807) is 0 Å². The zero-order chi connectivity index (χ0) is 14.4. The molecule has 0 amide bonds. The number of nitro groups is 2. The van der Waals surface area contributed by atoms with Crippen LogP contribution < -0.4 is 4.85 Å². The van der Waals surface area contributed by atoms with E-state index in [1.807, 2.05) is 0 Å². The van der Waals surface area contributed by atoms with Crippen LogP contribution in [-0.4, -0.2) is 24.6 Å². The normalized spacial score (nSPS) is 11.0. The van der Waals surface area contributed by atoms with Crippen molar-refractivity contribution in [1.29, 1.82) is 0 Å². The lowest BCUT2D eigenvalue weighted by Gasteiger charge is -2.00. The first-order valence-electron chi connectivity index (χ1n) is 5.19. The van der Waals surface area contributed by atoms with Gasteiger partial charge in [0.05, 0.1) is 15.9 Å². The highest BCUT2D eigenvalue weighted by molar-refractivity contribution is 5.77. The summed E-state index contributed by atoms with van der Waals surface area (Å²) in [5, 5.41) is 40.5. The molecule has 2 aromatic heterocycles. The number of fused-ring (bicyclic) bond motifs is 3. The highest BCUT2D eigenvalue weighted by Gasteiger charge is 2.24. The third-order valence-electron chi connectivity index (χ3n) is 2.71. The Morgan fingerprint density at radius 3 is 2.60 bits per heavy atom. The minimum Gasteiger partial charge on any atom is -0.594 e. The summed E-state index contributed by atoms with van der Waals surface area (Å²) in [6.07, 6.45) is 0.961. The molecule has 0 unspecified atom stereocenters. The molecule has 3 aromatic rings. The van der Waals surface area contributed by atoms with Crippen molar-refractivity contribution in [3.05, 3.63) is 49.8 Å². The van der Waals surface area contributed by atoms with Gasteiger partial charge < -0.3 is 5.21 Å². The van der Waals surface area contributed by atoms with E-state index in [9.17, 15) is 25.4 Å². The summed E-state index contributed by atoms with van der Waals surface area (Å²) in [5.41, 5.74) is -0.862. The molecule has 0 saturated carbocycles. The lowest BCUT2D eigenvalue weighted by atomic mass is 10.3. The summed E-state index contributed by atoms with van der Waals surface area (Å²) in [6, 6.07) is 3.49. The zero-order valence-electron chi connectivity index (χ0n) is 9.53. The number of non-ortho nitro benzene ring substituents is 1. The molecule has 2 heterocycles. The molecule has 0 spiro atoms. The van der Waals surface area contributed by atoms with E-state index < -0.39 is 15.5 Å². The van der Waals surface area contributed by atoms with Gasteiger partial charge in [-0.05, 0) is 10.9 Å². The number of hydrogen-bond acceptors (Lipinski definition) is 7. The van der Waals surface area contributed by atoms with Gasteiger partial charge in [-0.1, -0.05) is 0 Å². The van der Waals surface area contributed by atoms with Gasteiger partial charge in [-0.3, -0.25) is 20.2 Å². The summed E-state index contributed by atoms with van der Waals surface area (Å²) in [6.45, 7) is 0. The van der Waals surface area contributed by atoms with Gasteiger partial charge in [-0.25, -0.2) is 0 Å². The van der Waals surface area contributed by atoms with E-state index in [4.69, 9.17) is 0 Å². The van der Waals surface area contributed by atoms with Crippen molar-refractivity contribution in [2.24, 2.45) is 0 Å². The van der Waals surface area contributed by atoms with E-state index in [2.05, 4.69) is 10.2 Å². The maximum atomic E-state index is 11.8. The van der Waals surface area contributed by atoms with Crippen LogP contribution in [0.4, 0.5) is 11.4 Å². The maximum Gasteiger partial charge on any atom is 0.339 e. The van der Waals surface area contributed by atoms with E-state index >= 15 is 0 Å². The van der Waals surface area contributed by atoms with Gasteiger partial charge in [-0.2, -0.15) is 9.61 Å². The SMILES string of the molecule is O=[N+]([O-])c1ccc2c(c1)[n+]([O-])nc1c([N+](=O)[O-])cnn12. The fourth-order valence-corrected chi connectivity index (χ4v) is 1.83. The third kappa shape index (κ3) is 1.50. The Balaban J connectivity index is 2.43. The molecule has 0 atom stereocenters. The predicted octanol–water partition coefficient (Wildman–Crippen LogP) is 0.332. The molecular formula is C9H4N6O5. The molecule has 0 aliphatic rings. The molecule has 1 aromatic carbocycles. The van der Waals surface area contributed by atoms with Crippen molar-refractivity contribution in [3.8, 4) is 0 Å². The summed E-state index contributed by atoms with van der Waals surface area (Å²) in [7, 11) is 0. The van der Waals surface area contributed by atoms with Crippen molar-refractivity contribution in [1.82, 2.24) is 14.7 Å². The van der Waals surface area contributed by atoms with Crippen LogP contribution in [-0.2, 0) is 0 Å². The Morgan fingerprint density at radius 2 is 1.95 bits per heavy atom. The fourth-order valence-electron chi connectivity index (χ4n) is 1.83. The van der Waals surface area contributed by atoms with Crippen LogP contribution in [0, 0.1) is 25.4 Å². The highest BCUT2D eigenvalue weighted by atomic mass is 16.6. The Labute approximate surface area is 108 Å². The summed E-state index contributed by atoms with van der Waals surface area (Å²) in [5.74, 6) is 0. The average molecular weight is 276 g/mol. The molecular weight excluding hydrogens is 272 g/mol. The largest absolute Gasteiger partial charge is 0.594 e. The van der Waals surface area contributed by atoms with Crippen LogP contribution >= 0.6 is 0 Å². The van der Waals surface area contributed by atoms with Gasteiger partial charge in [0.2, 0.25) is 0 Å². The molecule has 100 valence electrons. The fraction of sp³-hybridized carbons (Fsp3) is 0. The molecule has 0 aliphatic carbocycles. The van der Waals surface area contributed by atoms with Crippen LogP contribution in [0.2, 0.25) is 0 Å². The second-order valence-corrected chi connectivity index (χ2v) is 3.83. The minimum atomic E-state index is -0.716. The predicted molar refractivity (Wildman–Crippen MR) is 62.8 cm³/mol. The van der Waals surface area contributed by atoms with E-state index in [-0.39, 0.29) is 27.2 Å². The second-order valence-electron chi connectivity index (χ2n) is 3.83. The molecule has 0 radical (unpaired) electrons. The first-order valence-corrected chi connectivity index (χ1v) is 5.19. The van der Waals surface area contributed by atoms with Crippen molar-refractivity contribution in [2.75, 3.05) is 0 Å². The smallest absolute Gasteiger partial charge is 0.339 e. The summed E-state index contributed by atoms with van der Waals surface area (Å²) in [4.78, 5) is 20.2. The zero-order valence-corrected chi connectivity index (χ0v) is 9.53. The molecule has 11 nitrogen and oxygen atoms in total. The number of nitro benzene ring substituents is 1. The Kier molecular flexibility index (Phi) is 2.23. The Morgan fingerprint density at radius 1 is 1.20 bits per heavy atom. The van der Waals surface area contributed by atoms with Crippen molar-refractivity contribution in [2.45, 2.75) is 0 Å².